The molecule has 1 aliphatic rings. The van der Waals surface area contributed by atoms with Crippen molar-refractivity contribution in [2.24, 2.45) is 0 Å². The molecule has 0 saturated carbocycles. The molecule has 0 amide bonds. The number of hydrogen-bond donors (Lipinski definition) is 0. The van der Waals surface area contributed by atoms with Gasteiger partial charge in [0.15, 0.2) is 0 Å². The van der Waals surface area contributed by atoms with E-state index in [-0.39, 0.29) is 17.7 Å². The minimum absolute atomic E-state index is 0.133. The van der Waals surface area contributed by atoms with E-state index in [9.17, 15) is 21.6 Å². The average molecular weight is 365 g/mol. The molecule has 1 aromatic rings. The minimum atomic E-state index is -5.65. The summed E-state index contributed by atoms with van der Waals surface area (Å²) in [5, 5.41) is 0. The molecule has 8 heteroatoms. The predicted octanol–water partition coefficient (Wildman–Crippen LogP) is 4.19. The maximum atomic E-state index is 12.5. The molecule has 2 unspecified atom stereocenters. The lowest BCUT2D eigenvalue weighted by Crippen LogP contribution is -2.33. The van der Waals surface area contributed by atoms with Gasteiger partial charge in [0, 0.05) is 12.1 Å². The molecule has 0 N–H and O–H groups in total. The van der Waals surface area contributed by atoms with E-state index in [2.05, 4.69) is 22.9 Å². The standard InChI is InChI=1S/C16H22F3NO3S/c1-10(2)20(4)15-8-5-11(3)14-9-12(6-7-13(14)15)23-24(21,22)16(17,18)19/h6-7,9-11,15H,5,8H2,1-4H3. The van der Waals surface area contributed by atoms with E-state index in [1.165, 1.54) is 12.1 Å². The molecule has 1 aliphatic carbocycles. The molecular weight excluding hydrogens is 343 g/mol. The van der Waals surface area contributed by atoms with E-state index in [4.69, 9.17) is 0 Å². The van der Waals surface area contributed by atoms with Crippen molar-refractivity contribution >= 4 is 10.1 Å². The molecule has 0 saturated heterocycles. The van der Waals surface area contributed by atoms with Gasteiger partial charge in [-0.05, 0) is 62.9 Å². The van der Waals surface area contributed by atoms with Crippen LogP contribution in [-0.4, -0.2) is 31.9 Å². The zero-order chi connectivity index (χ0) is 18.3. The van der Waals surface area contributed by atoms with Gasteiger partial charge in [-0.25, -0.2) is 0 Å². The van der Waals surface area contributed by atoms with E-state index < -0.39 is 15.6 Å². The second-order valence-electron chi connectivity index (χ2n) is 6.53. The Hall–Kier alpha value is -1.28. The van der Waals surface area contributed by atoms with E-state index in [0.717, 1.165) is 24.0 Å². The summed E-state index contributed by atoms with van der Waals surface area (Å²) in [6.45, 7) is 6.13. The van der Waals surface area contributed by atoms with Crippen LogP contribution in [0.4, 0.5) is 13.2 Å². The third kappa shape index (κ3) is 3.69. The fourth-order valence-corrected chi connectivity index (χ4v) is 3.46. The number of rotatable bonds is 4. The summed E-state index contributed by atoms with van der Waals surface area (Å²) in [4.78, 5) is 2.21. The van der Waals surface area contributed by atoms with Gasteiger partial charge in [-0.15, -0.1) is 0 Å². The molecule has 2 rings (SSSR count). The normalized spacial score (nSPS) is 21.9. The zero-order valence-electron chi connectivity index (χ0n) is 14.1. The lowest BCUT2D eigenvalue weighted by Gasteiger charge is -2.38. The Kier molecular flexibility index (Phi) is 5.20. The van der Waals surface area contributed by atoms with Crippen LogP contribution in [-0.2, 0) is 10.1 Å². The number of fused-ring (bicyclic) bond motifs is 1. The average Bonchev–Trinajstić information content (AvgIpc) is 2.46. The third-order valence-electron chi connectivity index (χ3n) is 4.62. The van der Waals surface area contributed by atoms with Crippen molar-refractivity contribution in [3.05, 3.63) is 29.3 Å². The number of halogens is 3. The number of benzene rings is 1. The number of hydrogen-bond acceptors (Lipinski definition) is 4. The third-order valence-corrected chi connectivity index (χ3v) is 5.60. The van der Waals surface area contributed by atoms with Crippen molar-refractivity contribution in [1.29, 1.82) is 0 Å². The van der Waals surface area contributed by atoms with Crippen LogP contribution >= 0.6 is 0 Å². The first-order valence-electron chi connectivity index (χ1n) is 7.80. The van der Waals surface area contributed by atoms with Crippen LogP contribution in [0.5, 0.6) is 5.75 Å². The van der Waals surface area contributed by atoms with E-state index >= 15 is 0 Å². The Balaban J connectivity index is 2.37. The summed E-state index contributed by atoms with van der Waals surface area (Å²) >= 11 is 0. The molecule has 1 aromatic carbocycles. The summed E-state index contributed by atoms with van der Waals surface area (Å²) in [6, 6.07) is 4.86. The summed E-state index contributed by atoms with van der Waals surface area (Å²) in [7, 11) is -3.64. The first kappa shape index (κ1) is 19.1. The molecule has 2 atom stereocenters. The van der Waals surface area contributed by atoms with Gasteiger partial charge in [0.05, 0.1) is 0 Å². The Labute approximate surface area is 140 Å². The Morgan fingerprint density at radius 3 is 2.38 bits per heavy atom. The quantitative estimate of drug-likeness (QED) is 0.593. The van der Waals surface area contributed by atoms with Crippen LogP contribution in [0.25, 0.3) is 0 Å². The van der Waals surface area contributed by atoms with Gasteiger partial charge in [0.1, 0.15) is 5.75 Å². The highest BCUT2D eigenvalue weighted by atomic mass is 32.2. The minimum Gasteiger partial charge on any atom is -0.376 e. The predicted molar refractivity (Wildman–Crippen MR) is 85.3 cm³/mol. The summed E-state index contributed by atoms with van der Waals surface area (Å²) in [5.74, 6) is -0.167. The highest BCUT2D eigenvalue weighted by Gasteiger charge is 2.48. The maximum Gasteiger partial charge on any atom is 0.534 e. The van der Waals surface area contributed by atoms with Crippen LogP contribution in [0.2, 0.25) is 0 Å². The first-order chi connectivity index (χ1) is 10.9. The fourth-order valence-electron chi connectivity index (χ4n) is 3.01. The number of nitrogens with zero attached hydrogens (tertiary/aromatic N) is 1. The van der Waals surface area contributed by atoms with Crippen LogP contribution in [0, 0.1) is 0 Å². The van der Waals surface area contributed by atoms with Gasteiger partial charge >= 0.3 is 15.6 Å². The summed E-state index contributed by atoms with van der Waals surface area (Å²) in [5.41, 5.74) is -3.58. The van der Waals surface area contributed by atoms with Crippen LogP contribution in [0.1, 0.15) is 56.7 Å². The molecular formula is C16H22F3NO3S. The lowest BCUT2D eigenvalue weighted by atomic mass is 9.80. The topological polar surface area (TPSA) is 46.6 Å². The molecule has 0 bridgehead atoms. The monoisotopic (exact) mass is 365 g/mol. The van der Waals surface area contributed by atoms with E-state index in [0.29, 0.717) is 6.04 Å². The van der Waals surface area contributed by atoms with E-state index in [1.807, 2.05) is 14.0 Å². The molecule has 0 spiro atoms. The summed E-state index contributed by atoms with van der Waals surface area (Å²) < 4.78 is 64.0. The fraction of sp³-hybridized carbons (Fsp3) is 0.625. The van der Waals surface area contributed by atoms with Crippen LogP contribution in [0.15, 0.2) is 18.2 Å². The van der Waals surface area contributed by atoms with E-state index in [1.54, 1.807) is 6.07 Å². The van der Waals surface area contributed by atoms with Gasteiger partial charge in [-0.3, -0.25) is 4.90 Å². The SMILES string of the molecule is CC1CCC(N(C)C(C)C)c2ccc(OS(=O)(=O)C(F)(F)F)cc21. The molecule has 0 fully saturated rings. The molecule has 0 radical (unpaired) electrons. The Morgan fingerprint density at radius 2 is 1.83 bits per heavy atom. The highest BCUT2D eigenvalue weighted by molar-refractivity contribution is 7.88. The van der Waals surface area contributed by atoms with Crippen molar-refractivity contribution in [3.8, 4) is 5.75 Å². The Bertz CT molecular complexity index is 701. The number of alkyl halides is 3. The van der Waals surface area contributed by atoms with Gasteiger partial charge in [0.25, 0.3) is 0 Å². The van der Waals surface area contributed by atoms with Crippen molar-refractivity contribution in [2.45, 2.75) is 57.1 Å². The molecule has 0 heterocycles. The second-order valence-corrected chi connectivity index (χ2v) is 8.07. The molecule has 136 valence electrons. The van der Waals surface area contributed by atoms with Crippen LogP contribution in [0.3, 0.4) is 0 Å². The highest BCUT2D eigenvalue weighted by Crippen LogP contribution is 2.42. The van der Waals surface area contributed by atoms with Crippen molar-refractivity contribution in [2.75, 3.05) is 7.05 Å². The van der Waals surface area contributed by atoms with Crippen molar-refractivity contribution < 1.29 is 25.8 Å². The van der Waals surface area contributed by atoms with Gasteiger partial charge < -0.3 is 4.18 Å². The van der Waals surface area contributed by atoms with Gasteiger partial charge in [-0.1, -0.05) is 13.0 Å². The van der Waals surface area contributed by atoms with Crippen LogP contribution < -0.4 is 4.18 Å². The van der Waals surface area contributed by atoms with Crippen molar-refractivity contribution in [3.63, 3.8) is 0 Å². The molecule has 4 nitrogen and oxygen atoms in total. The first-order valence-corrected chi connectivity index (χ1v) is 9.21. The second kappa shape index (κ2) is 6.55. The smallest absolute Gasteiger partial charge is 0.376 e. The summed E-state index contributed by atoms with van der Waals surface area (Å²) in [6.07, 6.45) is 1.83. The largest absolute Gasteiger partial charge is 0.534 e. The molecule has 0 aliphatic heterocycles. The van der Waals surface area contributed by atoms with Gasteiger partial charge in [0.2, 0.25) is 0 Å². The molecule has 0 aromatic heterocycles. The lowest BCUT2D eigenvalue weighted by molar-refractivity contribution is -0.0500. The zero-order valence-corrected chi connectivity index (χ0v) is 14.9. The van der Waals surface area contributed by atoms with Crippen molar-refractivity contribution in [1.82, 2.24) is 4.90 Å². The van der Waals surface area contributed by atoms with Gasteiger partial charge in [-0.2, -0.15) is 21.6 Å². The maximum absolute atomic E-state index is 12.5. The Morgan fingerprint density at radius 1 is 1.21 bits per heavy atom. The molecule has 24 heavy (non-hydrogen) atoms.